The molecule has 4 nitrogen and oxygen atoms in total. The lowest BCUT2D eigenvalue weighted by molar-refractivity contribution is 0.0600. The Morgan fingerprint density at radius 2 is 2.06 bits per heavy atom. The van der Waals surface area contributed by atoms with Crippen LogP contribution in [0.15, 0.2) is 24.3 Å². The molecule has 0 bridgehead atoms. The van der Waals surface area contributed by atoms with Gasteiger partial charge < -0.3 is 4.74 Å². The summed E-state index contributed by atoms with van der Waals surface area (Å²) in [5.41, 5.74) is 0.626. The molecule has 0 spiro atoms. The minimum atomic E-state index is -3.39. The SMILES string of the molecule is COC(=O)c1cccc(C(Cl)S(C)(=O)=O)c1. The number of sulfone groups is 1. The number of methoxy groups -OCH3 is 1. The van der Waals surface area contributed by atoms with Crippen molar-refractivity contribution in [3.8, 4) is 0 Å². The van der Waals surface area contributed by atoms with E-state index in [2.05, 4.69) is 4.74 Å². The Morgan fingerprint density at radius 3 is 2.56 bits per heavy atom. The van der Waals surface area contributed by atoms with E-state index in [9.17, 15) is 13.2 Å². The van der Waals surface area contributed by atoms with E-state index in [0.717, 1.165) is 6.26 Å². The highest BCUT2D eigenvalue weighted by molar-refractivity contribution is 7.92. The van der Waals surface area contributed by atoms with Gasteiger partial charge in [0, 0.05) is 6.26 Å². The number of ether oxygens (including phenoxy) is 1. The number of halogens is 1. The molecule has 0 aliphatic carbocycles. The summed E-state index contributed by atoms with van der Waals surface area (Å²) in [5, 5.41) is 0. The van der Waals surface area contributed by atoms with Crippen LogP contribution in [0.1, 0.15) is 20.6 Å². The zero-order chi connectivity index (χ0) is 12.3. The summed E-state index contributed by atoms with van der Waals surface area (Å²) in [4.78, 5) is 11.2. The summed E-state index contributed by atoms with van der Waals surface area (Å²) in [6, 6.07) is 6.04. The molecular weight excluding hydrogens is 252 g/mol. The normalized spacial score (nSPS) is 13.2. The van der Waals surface area contributed by atoms with E-state index in [0.29, 0.717) is 5.56 Å². The van der Waals surface area contributed by atoms with Gasteiger partial charge in [0.15, 0.2) is 14.5 Å². The first kappa shape index (κ1) is 13.0. The van der Waals surface area contributed by atoms with Gasteiger partial charge in [0.05, 0.1) is 12.7 Å². The van der Waals surface area contributed by atoms with Crippen LogP contribution in [0.5, 0.6) is 0 Å². The Kier molecular flexibility index (Phi) is 3.93. The fraction of sp³-hybridized carbons (Fsp3) is 0.300. The average Bonchev–Trinajstić information content (AvgIpc) is 2.26. The number of esters is 1. The second-order valence-corrected chi connectivity index (χ2v) is 6.09. The van der Waals surface area contributed by atoms with Crippen LogP contribution >= 0.6 is 11.6 Å². The van der Waals surface area contributed by atoms with Crippen LogP contribution in [-0.2, 0) is 14.6 Å². The van der Waals surface area contributed by atoms with Crippen LogP contribution < -0.4 is 0 Å². The minimum Gasteiger partial charge on any atom is -0.465 e. The van der Waals surface area contributed by atoms with Crippen molar-refractivity contribution in [2.45, 2.75) is 4.71 Å². The van der Waals surface area contributed by atoms with Crippen molar-refractivity contribution in [3.63, 3.8) is 0 Å². The van der Waals surface area contributed by atoms with Crippen LogP contribution in [0.2, 0.25) is 0 Å². The summed E-state index contributed by atoms with van der Waals surface area (Å²) >= 11 is 5.76. The van der Waals surface area contributed by atoms with Gasteiger partial charge in [0.25, 0.3) is 0 Å². The Balaban J connectivity index is 3.13. The molecule has 6 heteroatoms. The van der Waals surface area contributed by atoms with Crippen LogP contribution in [0.25, 0.3) is 0 Å². The number of hydrogen-bond acceptors (Lipinski definition) is 4. The van der Waals surface area contributed by atoms with Crippen LogP contribution in [0.3, 0.4) is 0 Å². The summed E-state index contributed by atoms with van der Waals surface area (Å²) in [6.45, 7) is 0. The molecule has 0 fully saturated rings. The molecule has 0 aliphatic rings. The monoisotopic (exact) mass is 262 g/mol. The highest BCUT2D eigenvalue weighted by atomic mass is 35.5. The quantitative estimate of drug-likeness (QED) is 0.615. The highest BCUT2D eigenvalue weighted by Crippen LogP contribution is 2.26. The van der Waals surface area contributed by atoms with Gasteiger partial charge in [-0.1, -0.05) is 12.1 Å². The predicted molar refractivity (Wildman–Crippen MR) is 61.2 cm³/mol. The van der Waals surface area contributed by atoms with E-state index in [4.69, 9.17) is 11.6 Å². The van der Waals surface area contributed by atoms with Crippen molar-refractivity contribution >= 4 is 27.4 Å². The first-order valence-corrected chi connectivity index (χ1v) is 6.76. The second-order valence-electron chi connectivity index (χ2n) is 3.26. The van der Waals surface area contributed by atoms with Gasteiger partial charge in [-0.25, -0.2) is 13.2 Å². The van der Waals surface area contributed by atoms with Gasteiger partial charge in [-0.05, 0) is 17.7 Å². The highest BCUT2D eigenvalue weighted by Gasteiger charge is 2.20. The third-order valence-electron chi connectivity index (χ3n) is 1.95. The minimum absolute atomic E-state index is 0.273. The standard InChI is InChI=1S/C10H11ClO4S/c1-15-10(12)8-5-3-4-7(6-8)9(11)16(2,13)14/h3-6,9H,1-2H3. The summed E-state index contributed by atoms with van der Waals surface area (Å²) in [6.07, 6.45) is 1.04. The number of hydrogen-bond donors (Lipinski definition) is 0. The Labute approximate surface area is 99.1 Å². The molecule has 0 saturated heterocycles. The lowest BCUT2D eigenvalue weighted by atomic mass is 10.1. The van der Waals surface area contributed by atoms with Crippen molar-refractivity contribution in [1.82, 2.24) is 0 Å². The molecule has 1 unspecified atom stereocenters. The van der Waals surface area contributed by atoms with Crippen molar-refractivity contribution in [3.05, 3.63) is 35.4 Å². The molecule has 0 radical (unpaired) electrons. The number of alkyl halides is 1. The molecule has 0 N–H and O–H groups in total. The first-order valence-electron chi connectivity index (χ1n) is 4.37. The van der Waals surface area contributed by atoms with Crippen molar-refractivity contribution in [2.24, 2.45) is 0 Å². The van der Waals surface area contributed by atoms with E-state index in [1.54, 1.807) is 12.1 Å². The van der Waals surface area contributed by atoms with Crippen molar-refractivity contribution in [2.75, 3.05) is 13.4 Å². The van der Waals surface area contributed by atoms with E-state index >= 15 is 0 Å². The summed E-state index contributed by atoms with van der Waals surface area (Å²) in [7, 11) is -2.14. The maximum absolute atomic E-state index is 11.2. The molecule has 16 heavy (non-hydrogen) atoms. The number of carbonyl (C=O) groups is 1. The van der Waals surface area contributed by atoms with E-state index < -0.39 is 20.5 Å². The topological polar surface area (TPSA) is 60.4 Å². The molecule has 88 valence electrons. The zero-order valence-electron chi connectivity index (χ0n) is 8.81. The first-order chi connectivity index (χ1) is 7.36. The predicted octanol–water partition coefficient (Wildman–Crippen LogP) is 1.76. The fourth-order valence-corrected chi connectivity index (χ4v) is 1.95. The number of benzene rings is 1. The summed E-state index contributed by atoms with van der Waals surface area (Å²) in [5.74, 6) is -0.529. The molecule has 0 heterocycles. The average molecular weight is 263 g/mol. The molecule has 0 aromatic heterocycles. The molecule has 1 aromatic rings. The molecule has 1 aromatic carbocycles. The summed E-state index contributed by atoms with van der Waals surface area (Å²) < 4.78 is 25.8. The van der Waals surface area contributed by atoms with Crippen LogP contribution in [0.4, 0.5) is 0 Å². The van der Waals surface area contributed by atoms with E-state index in [1.807, 2.05) is 0 Å². The number of rotatable bonds is 3. The lowest BCUT2D eigenvalue weighted by Crippen LogP contribution is -2.07. The van der Waals surface area contributed by atoms with Gasteiger partial charge in [-0.15, -0.1) is 11.6 Å². The number of carbonyl (C=O) groups excluding carboxylic acids is 1. The Hall–Kier alpha value is -1.07. The maximum Gasteiger partial charge on any atom is 0.337 e. The molecule has 1 rings (SSSR count). The fourth-order valence-electron chi connectivity index (χ4n) is 1.17. The Morgan fingerprint density at radius 1 is 1.44 bits per heavy atom. The van der Waals surface area contributed by atoms with Crippen molar-refractivity contribution in [1.29, 1.82) is 0 Å². The van der Waals surface area contributed by atoms with Gasteiger partial charge in [0.2, 0.25) is 0 Å². The van der Waals surface area contributed by atoms with Gasteiger partial charge in [0.1, 0.15) is 0 Å². The molecule has 0 aliphatic heterocycles. The molecule has 1 atom stereocenters. The third kappa shape index (κ3) is 2.96. The van der Waals surface area contributed by atoms with Gasteiger partial charge in [-0.3, -0.25) is 0 Å². The van der Waals surface area contributed by atoms with E-state index in [1.165, 1.54) is 19.2 Å². The molecule has 0 saturated carbocycles. The van der Waals surface area contributed by atoms with Crippen LogP contribution in [0, 0.1) is 0 Å². The van der Waals surface area contributed by atoms with Crippen LogP contribution in [-0.4, -0.2) is 27.8 Å². The second kappa shape index (κ2) is 4.84. The Bertz CT molecular complexity index is 495. The third-order valence-corrected chi connectivity index (χ3v) is 4.19. The smallest absolute Gasteiger partial charge is 0.337 e. The van der Waals surface area contributed by atoms with E-state index in [-0.39, 0.29) is 5.56 Å². The van der Waals surface area contributed by atoms with Gasteiger partial charge in [-0.2, -0.15) is 0 Å². The largest absolute Gasteiger partial charge is 0.465 e. The maximum atomic E-state index is 11.2. The molecular formula is C10H11ClO4S. The zero-order valence-corrected chi connectivity index (χ0v) is 10.4. The van der Waals surface area contributed by atoms with Gasteiger partial charge >= 0.3 is 5.97 Å². The molecule has 0 amide bonds. The lowest BCUT2D eigenvalue weighted by Gasteiger charge is -2.08. The van der Waals surface area contributed by atoms with Crippen molar-refractivity contribution < 1.29 is 17.9 Å².